The van der Waals surface area contributed by atoms with Crippen molar-refractivity contribution in [2.75, 3.05) is 13.1 Å². The van der Waals surface area contributed by atoms with E-state index in [1.165, 1.54) is 11.8 Å². The first-order chi connectivity index (χ1) is 11.9. The molecule has 3 rings (SSSR count). The number of aryl methyl sites for hydroxylation is 1. The van der Waals surface area contributed by atoms with Gasteiger partial charge in [-0.2, -0.15) is 0 Å². The number of carbonyl (C=O) groups is 1. The minimum Gasteiger partial charge on any atom is -0.336 e. The Labute approximate surface area is 144 Å². The van der Waals surface area contributed by atoms with Crippen molar-refractivity contribution in [3.05, 3.63) is 75.1 Å². The van der Waals surface area contributed by atoms with Crippen LogP contribution in [0.4, 0.5) is 10.1 Å². The Balaban J connectivity index is 1.91. The van der Waals surface area contributed by atoms with E-state index in [0.717, 1.165) is 17.7 Å². The summed E-state index contributed by atoms with van der Waals surface area (Å²) in [5.41, 5.74) is 6.71. The van der Waals surface area contributed by atoms with Crippen LogP contribution < -0.4 is 5.73 Å². The molecule has 0 spiro atoms. The number of likely N-dealkylation sites (tertiary alicyclic amines) is 1. The molecule has 1 amide bonds. The summed E-state index contributed by atoms with van der Waals surface area (Å²) in [6.45, 7) is 2.03. The van der Waals surface area contributed by atoms with Gasteiger partial charge in [-0.15, -0.1) is 0 Å². The van der Waals surface area contributed by atoms with Crippen LogP contribution in [-0.2, 0) is 0 Å². The topological polar surface area (TPSA) is 89.5 Å². The minimum absolute atomic E-state index is 0.0566. The van der Waals surface area contributed by atoms with Gasteiger partial charge >= 0.3 is 0 Å². The number of hydrogen-bond donors (Lipinski definition) is 1. The van der Waals surface area contributed by atoms with Gasteiger partial charge in [-0.25, -0.2) is 4.39 Å². The van der Waals surface area contributed by atoms with E-state index >= 15 is 0 Å². The molecule has 7 heteroatoms. The van der Waals surface area contributed by atoms with Crippen molar-refractivity contribution in [3.8, 4) is 0 Å². The van der Waals surface area contributed by atoms with Crippen molar-refractivity contribution in [2.45, 2.75) is 18.9 Å². The molecular formula is C18H18FN3O3. The largest absolute Gasteiger partial charge is 0.336 e. The molecule has 1 fully saturated rings. The molecule has 1 aliphatic heterocycles. The van der Waals surface area contributed by atoms with Gasteiger partial charge in [-0.1, -0.05) is 30.3 Å². The quantitative estimate of drug-likeness (QED) is 0.685. The maximum Gasteiger partial charge on any atom is 0.285 e. The maximum absolute atomic E-state index is 13.7. The number of rotatable bonds is 3. The molecule has 0 unspecified atom stereocenters. The first-order valence-corrected chi connectivity index (χ1v) is 7.93. The summed E-state index contributed by atoms with van der Waals surface area (Å²) in [6.07, 6.45) is 0. The number of nitro groups is 1. The molecule has 1 heterocycles. The summed E-state index contributed by atoms with van der Waals surface area (Å²) in [6, 6.07) is 11.3. The van der Waals surface area contributed by atoms with Crippen LogP contribution in [0.3, 0.4) is 0 Å². The van der Waals surface area contributed by atoms with E-state index in [1.807, 2.05) is 30.3 Å². The van der Waals surface area contributed by atoms with Crippen molar-refractivity contribution >= 4 is 11.6 Å². The number of hydrogen-bond acceptors (Lipinski definition) is 4. The molecule has 2 aromatic carbocycles. The standard InChI is InChI=1S/C18H18FN3O3/c1-11-7-13(19)8-14(17(11)22(24)25)18(23)21-9-15(16(20)10-21)12-5-3-2-4-6-12/h2-8,15-16H,9-10,20H2,1H3/t15-,16+/m0/s1. The van der Waals surface area contributed by atoms with E-state index in [9.17, 15) is 19.3 Å². The van der Waals surface area contributed by atoms with Crippen molar-refractivity contribution < 1.29 is 14.1 Å². The van der Waals surface area contributed by atoms with Crippen LogP contribution in [0.25, 0.3) is 0 Å². The van der Waals surface area contributed by atoms with Gasteiger partial charge in [-0.3, -0.25) is 14.9 Å². The molecule has 1 aliphatic rings. The fourth-order valence-corrected chi connectivity index (χ4v) is 3.36. The molecule has 0 bridgehead atoms. The molecule has 2 atom stereocenters. The van der Waals surface area contributed by atoms with E-state index in [1.54, 1.807) is 0 Å². The van der Waals surface area contributed by atoms with E-state index in [4.69, 9.17) is 5.73 Å². The molecule has 1 saturated heterocycles. The predicted molar refractivity (Wildman–Crippen MR) is 90.9 cm³/mol. The first kappa shape index (κ1) is 17.0. The Morgan fingerprint density at radius 1 is 1.28 bits per heavy atom. The first-order valence-electron chi connectivity index (χ1n) is 7.93. The summed E-state index contributed by atoms with van der Waals surface area (Å²) in [5.74, 6) is -1.29. The number of amides is 1. The van der Waals surface area contributed by atoms with Gasteiger partial charge in [0.2, 0.25) is 0 Å². The average Bonchev–Trinajstić information content (AvgIpc) is 2.95. The fourth-order valence-electron chi connectivity index (χ4n) is 3.36. The van der Waals surface area contributed by atoms with E-state index < -0.39 is 16.6 Å². The maximum atomic E-state index is 13.7. The van der Waals surface area contributed by atoms with Gasteiger partial charge < -0.3 is 10.6 Å². The Morgan fingerprint density at radius 3 is 2.60 bits per heavy atom. The minimum atomic E-state index is -0.672. The highest BCUT2D eigenvalue weighted by molar-refractivity contribution is 5.99. The molecule has 2 aromatic rings. The van der Waals surface area contributed by atoms with Crippen molar-refractivity contribution in [2.24, 2.45) is 5.73 Å². The Bertz CT molecular complexity index is 826. The molecule has 130 valence electrons. The van der Waals surface area contributed by atoms with Gasteiger partial charge in [-0.05, 0) is 24.6 Å². The molecular weight excluding hydrogens is 325 g/mol. The number of nitrogens with zero attached hydrogens (tertiary/aromatic N) is 2. The van der Waals surface area contributed by atoms with Crippen molar-refractivity contribution in [1.82, 2.24) is 4.90 Å². The van der Waals surface area contributed by atoms with Gasteiger partial charge in [0.1, 0.15) is 11.4 Å². The number of nitro benzene ring substituents is 1. The fraction of sp³-hybridized carbons (Fsp3) is 0.278. The van der Waals surface area contributed by atoms with E-state index in [0.29, 0.717) is 6.54 Å². The molecule has 2 N–H and O–H groups in total. The highest BCUT2D eigenvalue weighted by Crippen LogP contribution is 2.31. The Kier molecular flexibility index (Phi) is 4.50. The second-order valence-corrected chi connectivity index (χ2v) is 6.27. The molecule has 25 heavy (non-hydrogen) atoms. The zero-order chi connectivity index (χ0) is 18.1. The van der Waals surface area contributed by atoms with Gasteiger partial charge in [0.25, 0.3) is 11.6 Å². The number of carbonyl (C=O) groups excluding carboxylic acids is 1. The lowest BCUT2D eigenvalue weighted by Crippen LogP contribution is -2.32. The number of benzene rings is 2. The normalized spacial score (nSPS) is 19.9. The van der Waals surface area contributed by atoms with E-state index in [-0.39, 0.29) is 35.3 Å². The van der Waals surface area contributed by atoms with Crippen LogP contribution in [0.5, 0.6) is 0 Å². The Hall–Kier alpha value is -2.80. The zero-order valence-corrected chi connectivity index (χ0v) is 13.7. The van der Waals surface area contributed by atoms with Crippen LogP contribution >= 0.6 is 0 Å². The van der Waals surface area contributed by atoms with Gasteiger partial charge in [0, 0.05) is 30.6 Å². The molecule has 6 nitrogen and oxygen atoms in total. The second kappa shape index (κ2) is 6.60. The van der Waals surface area contributed by atoms with Gasteiger partial charge in [0.15, 0.2) is 0 Å². The lowest BCUT2D eigenvalue weighted by atomic mass is 9.95. The second-order valence-electron chi connectivity index (χ2n) is 6.27. The monoisotopic (exact) mass is 343 g/mol. The SMILES string of the molecule is Cc1cc(F)cc(C(=O)N2C[C@@H](N)[C@H](c3ccccc3)C2)c1[N+](=O)[O-]. The summed E-state index contributed by atoms with van der Waals surface area (Å²) < 4.78 is 13.7. The third-order valence-corrected chi connectivity index (χ3v) is 4.56. The average molecular weight is 343 g/mol. The van der Waals surface area contributed by atoms with Crippen LogP contribution in [0, 0.1) is 22.9 Å². The molecule has 0 aromatic heterocycles. The lowest BCUT2D eigenvalue weighted by molar-refractivity contribution is -0.385. The molecule has 0 saturated carbocycles. The van der Waals surface area contributed by atoms with Crippen LogP contribution in [0.2, 0.25) is 0 Å². The summed E-state index contributed by atoms with van der Waals surface area (Å²) in [5, 5.41) is 11.3. The summed E-state index contributed by atoms with van der Waals surface area (Å²) in [7, 11) is 0. The van der Waals surface area contributed by atoms with Crippen LogP contribution in [0.1, 0.15) is 27.4 Å². The highest BCUT2D eigenvalue weighted by Gasteiger charge is 2.36. The highest BCUT2D eigenvalue weighted by atomic mass is 19.1. The third-order valence-electron chi connectivity index (χ3n) is 4.56. The van der Waals surface area contributed by atoms with Crippen LogP contribution in [0.15, 0.2) is 42.5 Å². The van der Waals surface area contributed by atoms with Crippen molar-refractivity contribution in [3.63, 3.8) is 0 Å². The van der Waals surface area contributed by atoms with Crippen molar-refractivity contribution in [1.29, 1.82) is 0 Å². The third kappa shape index (κ3) is 3.23. The lowest BCUT2D eigenvalue weighted by Gasteiger charge is -2.17. The summed E-state index contributed by atoms with van der Waals surface area (Å²) >= 11 is 0. The molecule has 0 radical (unpaired) electrons. The Morgan fingerprint density at radius 2 is 1.96 bits per heavy atom. The zero-order valence-electron chi connectivity index (χ0n) is 13.7. The molecule has 0 aliphatic carbocycles. The van der Waals surface area contributed by atoms with Gasteiger partial charge in [0.05, 0.1) is 4.92 Å². The number of halogens is 1. The summed E-state index contributed by atoms with van der Waals surface area (Å²) in [4.78, 5) is 24.9. The number of nitrogens with two attached hydrogens (primary N) is 1. The smallest absolute Gasteiger partial charge is 0.285 e. The van der Waals surface area contributed by atoms with E-state index in [2.05, 4.69) is 0 Å². The predicted octanol–water partition coefficient (Wildman–Crippen LogP) is 2.61. The van der Waals surface area contributed by atoms with Crippen LogP contribution in [-0.4, -0.2) is 34.9 Å².